The molecular formula is C17H17ClN2O3S. The lowest BCUT2D eigenvalue weighted by Crippen LogP contribution is -2.37. The molecule has 2 rings (SSSR count). The Kier molecular flexibility index (Phi) is 6.40. The molecule has 0 bridgehead atoms. The molecule has 0 aliphatic heterocycles. The predicted molar refractivity (Wildman–Crippen MR) is 99.0 cm³/mol. The molecule has 2 N–H and O–H groups in total. The van der Waals surface area contributed by atoms with Gasteiger partial charge in [0.15, 0.2) is 11.7 Å². The van der Waals surface area contributed by atoms with Gasteiger partial charge in [-0.2, -0.15) is 0 Å². The minimum absolute atomic E-state index is 0.146. The van der Waals surface area contributed by atoms with E-state index in [9.17, 15) is 4.79 Å². The van der Waals surface area contributed by atoms with Crippen molar-refractivity contribution in [3.8, 4) is 11.5 Å². The van der Waals surface area contributed by atoms with Crippen molar-refractivity contribution >= 4 is 40.5 Å². The van der Waals surface area contributed by atoms with Crippen LogP contribution < -0.4 is 20.1 Å². The summed E-state index contributed by atoms with van der Waals surface area (Å²) in [6, 6.07) is 12.4. The van der Waals surface area contributed by atoms with Crippen LogP contribution in [0.5, 0.6) is 11.5 Å². The van der Waals surface area contributed by atoms with Gasteiger partial charge in [-0.15, -0.1) is 0 Å². The molecule has 7 heteroatoms. The zero-order valence-electron chi connectivity index (χ0n) is 13.3. The molecule has 0 spiro atoms. The maximum Gasteiger partial charge on any atom is 0.264 e. The Morgan fingerprint density at radius 2 is 1.92 bits per heavy atom. The van der Waals surface area contributed by atoms with E-state index in [1.807, 2.05) is 6.92 Å². The molecule has 0 atom stereocenters. The fourth-order valence-electron chi connectivity index (χ4n) is 1.92. The van der Waals surface area contributed by atoms with Gasteiger partial charge in [-0.1, -0.05) is 11.6 Å². The molecule has 0 aromatic heterocycles. The first-order valence-electron chi connectivity index (χ1n) is 7.12. The predicted octanol–water partition coefficient (Wildman–Crippen LogP) is 3.55. The van der Waals surface area contributed by atoms with Gasteiger partial charge in [-0.25, -0.2) is 0 Å². The molecule has 1 amide bonds. The van der Waals surface area contributed by atoms with Gasteiger partial charge >= 0.3 is 0 Å². The number of rotatable bonds is 5. The van der Waals surface area contributed by atoms with E-state index in [1.165, 1.54) is 0 Å². The molecule has 2 aromatic carbocycles. The van der Waals surface area contributed by atoms with E-state index in [0.29, 0.717) is 10.8 Å². The molecule has 0 fully saturated rings. The van der Waals surface area contributed by atoms with E-state index in [-0.39, 0.29) is 17.6 Å². The second kappa shape index (κ2) is 8.52. The van der Waals surface area contributed by atoms with E-state index < -0.39 is 0 Å². The monoisotopic (exact) mass is 364 g/mol. The third-order valence-electron chi connectivity index (χ3n) is 3.10. The number of carbonyl (C=O) groups excluding carboxylic acids is 1. The Labute approximate surface area is 150 Å². The third kappa shape index (κ3) is 5.40. The lowest BCUT2D eigenvalue weighted by molar-refractivity contribution is -0.121. The van der Waals surface area contributed by atoms with Gasteiger partial charge in [-0.3, -0.25) is 10.1 Å². The van der Waals surface area contributed by atoms with Gasteiger partial charge < -0.3 is 14.8 Å². The minimum atomic E-state index is -0.352. The van der Waals surface area contributed by atoms with E-state index >= 15 is 0 Å². The molecule has 0 saturated heterocycles. The summed E-state index contributed by atoms with van der Waals surface area (Å²) in [5.74, 6) is 0.987. The number of ether oxygens (including phenoxy) is 2. The Balaban J connectivity index is 1.81. The van der Waals surface area contributed by atoms with Crippen LogP contribution in [-0.2, 0) is 4.79 Å². The summed E-state index contributed by atoms with van der Waals surface area (Å²) in [7, 11) is 1.59. The molecule has 5 nitrogen and oxygen atoms in total. The highest BCUT2D eigenvalue weighted by atomic mass is 35.5. The molecule has 0 aliphatic carbocycles. The summed E-state index contributed by atoms with van der Waals surface area (Å²) < 4.78 is 10.5. The molecule has 24 heavy (non-hydrogen) atoms. The Bertz CT molecular complexity index is 735. The Hall–Kier alpha value is -2.31. The zero-order valence-corrected chi connectivity index (χ0v) is 14.8. The standard InChI is InChI=1S/C17H17ClN2O3S/c1-11-9-12(18)3-8-15(11)23-10-16(21)20-17(24)19-13-4-6-14(22-2)7-5-13/h3-9H,10H2,1-2H3,(H2,19,20,21,24). The van der Waals surface area contributed by atoms with Crippen molar-refractivity contribution in [1.82, 2.24) is 5.32 Å². The molecule has 0 unspecified atom stereocenters. The minimum Gasteiger partial charge on any atom is -0.497 e. The first kappa shape index (κ1) is 18.0. The number of hydrogen-bond donors (Lipinski definition) is 2. The molecule has 0 saturated carbocycles. The van der Waals surface area contributed by atoms with Crippen molar-refractivity contribution in [3.05, 3.63) is 53.1 Å². The molecule has 2 aromatic rings. The quantitative estimate of drug-likeness (QED) is 0.794. The van der Waals surface area contributed by atoms with Crippen molar-refractivity contribution in [2.24, 2.45) is 0 Å². The highest BCUT2D eigenvalue weighted by Crippen LogP contribution is 2.21. The van der Waals surface area contributed by atoms with Crippen molar-refractivity contribution in [1.29, 1.82) is 0 Å². The molecule has 0 aliphatic rings. The van der Waals surface area contributed by atoms with Crippen LogP contribution in [0.2, 0.25) is 5.02 Å². The first-order valence-corrected chi connectivity index (χ1v) is 7.90. The first-order chi connectivity index (χ1) is 11.5. The summed E-state index contributed by atoms with van der Waals surface area (Å²) in [6.07, 6.45) is 0. The van der Waals surface area contributed by atoms with E-state index in [4.69, 9.17) is 33.3 Å². The molecule has 0 heterocycles. The number of methoxy groups -OCH3 is 1. The molecular weight excluding hydrogens is 348 g/mol. The number of hydrogen-bond acceptors (Lipinski definition) is 4. The SMILES string of the molecule is COc1ccc(NC(=S)NC(=O)COc2ccc(Cl)cc2C)cc1. The van der Waals surface area contributed by atoms with Crippen LogP contribution in [0, 0.1) is 6.92 Å². The highest BCUT2D eigenvalue weighted by molar-refractivity contribution is 7.80. The van der Waals surface area contributed by atoms with E-state index in [0.717, 1.165) is 17.0 Å². The summed E-state index contributed by atoms with van der Waals surface area (Å²) >= 11 is 11.0. The third-order valence-corrected chi connectivity index (χ3v) is 3.54. The topological polar surface area (TPSA) is 59.6 Å². The summed E-state index contributed by atoms with van der Waals surface area (Å²) in [4.78, 5) is 11.9. The number of thiocarbonyl (C=S) groups is 1. The number of nitrogens with one attached hydrogen (secondary N) is 2. The van der Waals surface area contributed by atoms with E-state index in [2.05, 4.69) is 10.6 Å². The van der Waals surface area contributed by atoms with Crippen LogP contribution in [0.15, 0.2) is 42.5 Å². The van der Waals surface area contributed by atoms with Crippen molar-refractivity contribution in [2.75, 3.05) is 19.0 Å². The Morgan fingerprint density at radius 1 is 1.21 bits per heavy atom. The van der Waals surface area contributed by atoms with Crippen molar-refractivity contribution in [3.63, 3.8) is 0 Å². The maximum atomic E-state index is 11.9. The van der Waals surface area contributed by atoms with Crippen molar-refractivity contribution in [2.45, 2.75) is 6.92 Å². The maximum absolute atomic E-state index is 11.9. The normalized spacial score (nSPS) is 9.96. The van der Waals surface area contributed by atoms with Gasteiger partial charge in [0.1, 0.15) is 11.5 Å². The average Bonchev–Trinajstić information content (AvgIpc) is 2.54. The molecule has 126 valence electrons. The Morgan fingerprint density at radius 3 is 2.54 bits per heavy atom. The van der Waals surface area contributed by atoms with Gasteiger partial charge in [0.25, 0.3) is 5.91 Å². The number of amides is 1. The summed E-state index contributed by atoms with van der Waals surface area (Å²) in [6.45, 7) is 1.71. The number of aryl methyl sites for hydroxylation is 1. The van der Waals surface area contributed by atoms with Crippen LogP contribution in [0.4, 0.5) is 5.69 Å². The smallest absolute Gasteiger partial charge is 0.264 e. The largest absolute Gasteiger partial charge is 0.497 e. The van der Waals surface area contributed by atoms with Crippen LogP contribution in [0.1, 0.15) is 5.56 Å². The number of carbonyl (C=O) groups is 1. The fraction of sp³-hybridized carbons (Fsp3) is 0.176. The van der Waals surface area contributed by atoms with Gasteiger partial charge in [0.2, 0.25) is 0 Å². The van der Waals surface area contributed by atoms with Crippen molar-refractivity contribution < 1.29 is 14.3 Å². The lowest BCUT2D eigenvalue weighted by Gasteiger charge is -2.12. The number of halogens is 1. The molecule has 0 radical (unpaired) electrons. The summed E-state index contributed by atoms with van der Waals surface area (Å²) in [5, 5.41) is 6.28. The summed E-state index contributed by atoms with van der Waals surface area (Å²) in [5.41, 5.74) is 1.60. The van der Waals surface area contributed by atoms with E-state index in [1.54, 1.807) is 49.6 Å². The van der Waals surface area contributed by atoms with Crippen LogP contribution in [0.25, 0.3) is 0 Å². The zero-order chi connectivity index (χ0) is 17.5. The second-order valence-electron chi connectivity index (χ2n) is 4.93. The van der Waals surface area contributed by atoms with Gasteiger partial charge in [0, 0.05) is 10.7 Å². The number of benzene rings is 2. The van der Waals surface area contributed by atoms with Crippen LogP contribution in [0.3, 0.4) is 0 Å². The van der Waals surface area contributed by atoms with Gasteiger partial charge in [0.05, 0.1) is 7.11 Å². The second-order valence-corrected chi connectivity index (χ2v) is 5.77. The van der Waals surface area contributed by atoms with Crippen LogP contribution >= 0.6 is 23.8 Å². The fourth-order valence-corrected chi connectivity index (χ4v) is 2.38. The highest BCUT2D eigenvalue weighted by Gasteiger charge is 2.08. The lowest BCUT2D eigenvalue weighted by atomic mass is 10.2. The number of anilines is 1. The average molecular weight is 365 g/mol. The van der Waals surface area contributed by atoms with Crippen LogP contribution in [-0.4, -0.2) is 24.7 Å². The van der Waals surface area contributed by atoms with Gasteiger partial charge in [-0.05, 0) is 67.2 Å².